The van der Waals surface area contributed by atoms with E-state index in [1.54, 1.807) is 19.1 Å². The van der Waals surface area contributed by atoms with Crippen LogP contribution in [-0.2, 0) is 6.05 Å². The molecule has 2 heterocycles. The monoisotopic (exact) mass is 318 g/mol. The van der Waals surface area contributed by atoms with Gasteiger partial charge in [-0.05, 0) is 13.0 Å². The van der Waals surface area contributed by atoms with Crippen LogP contribution >= 0.6 is 0 Å². The molecule has 0 atom stereocenters. The lowest BCUT2D eigenvalue weighted by Gasteiger charge is -2.10. The van der Waals surface area contributed by atoms with Crippen LogP contribution in [0.3, 0.4) is 0 Å². The van der Waals surface area contributed by atoms with Crippen LogP contribution in [0, 0.1) is 6.92 Å². The summed E-state index contributed by atoms with van der Waals surface area (Å²) in [4.78, 5) is 15.1. The first-order valence-corrected chi connectivity index (χ1v) is 6.63. The average molecular weight is 318 g/mol. The third kappa shape index (κ3) is 2.64. The summed E-state index contributed by atoms with van der Waals surface area (Å²) in [5.41, 5.74) is 6.17. The maximum absolute atomic E-state index is 13.2. The molecule has 23 heavy (non-hydrogen) atoms. The van der Waals surface area contributed by atoms with Gasteiger partial charge in [0.1, 0.15) is 0 Å². The number of carbonyl (C=O) groups is 1. The van der Waals surface area contributed by atoms with Crippen molar-refractivity contribution in [2.75, 3.05) is 0 Å². The van der Waals surface area contributed by atoms with Gasteiger partial charge in [-0.15, -0.1) is 0 Å². The lowest BCUT2D eigenvalue weighted by Crippen LogP contribution is -2.24. The second kappa shape index (κ2) is 5.10. The molecule has 0 amide bonds. The Morgan fingerprint density at radius 1 is 1.35 bits per heavy atom. The van der Waals surface area contributed by atoms with Gasteiger partial charge in [0.25, 0.3) is 0 Å². The molecule has 3 N–H and O–H groups in total. The van der Waals surface area contributed by atoms with Crippen molar-refractivity contribution in [3.63, 3.8) is 0 Å². The number of nitrogens with two attached hydrogens (primary N) is 1. The van der Waals surface area contributed by atoms with Crippen molar-refractivity contribution < 1.29 is 18.7 Å². The van der Waals surface area contributed by atoms with Crippen LogP contribution in [0.15, 0.2) is 36.5 Å². The maximum Gasteiger partial charge on any atom is 0.339 e. The molecule has 0 aliphatic heterocycles. The number of aromatic nitrogens is 3. The Morgan fingerprint density at radius 2 is 2.09 bits per heavy atom. The number of benzene rings is 1. The van der Waals surface area contributed by atoms with Gasteiger partial charge in [-0.2, -0.15) is 13.9 Å². The minimum absolute atomic E-state index is 0.0226. The molecule has 3 aromatic rings. The molecular weight excluding hydrogens is 306 g/mol. The minimum atomic E-state index is -3.44. The zero-order valence-corrected chi connectivity index (χ0v) is 12.0. The topological polar surface area (TPSA) is 93.5 Å². The number of halogens is 2. The fourth-order valence-corrected chi connectivity index (χ4v) is 2.29. The van der Waals surface area contributed by atoms with Gasteiger partial charge in [0.2, 0.25) is 0 Å². The predicted octanol–water partition coefficient (Wildman–Crippen LogP) is 2.41. The molecule has 0 aliphatic carbocycles. The summed E-state index contributed by atoms with van der Waals surface area (Å²) in [6.45, 7) is 1.60. The highest BCUT2D eigenvalue weighted by molar-refractivity contribution is 5.88. The molecule has 0 saturated heterocycles. The van der Waals surface area contributed by atoms with E-state index in [1.165, 1.54) is 28.9 Å². The number of aryl methyl sites for hydroxylation is 1. The smallest absolute Gasteiger partial charge is 0.339 e. The first kappa shape index (κ1) is 15.0. The highest BCUT2D eigenvalue weighted by Gasteiger charge is 2.25. The third-order valence-corrected chi connectivity index (χ3v) is 3.50. The summed E-state index contributed by atoms with van der Waals surface area (Å²) in [6, 6.07) is 3.69. The Morgan fingerprint density at radius 3 is 2.74 bits per heavy atom. The quantitative estimate of drug-likeness (QED) is 0.723. The Hall–Kier alpha value is -2.87. The van der Waals surface area contributed by atoms with E-state index < -0.39 is 12.0 Å². The maximum atomic E-state index is 13.2. The van der Waals surface area contributed by atoms with Crippen molar-refractivity contribution >= 4 is 11.6 Å². The summed E-state index contributed by atoms with van der Waals surface area (Å²) < 4.78 is 27.8. The number of fused-ring (bicyclic) bond motifs is 1. The molecule has 0 fully saturated rings. The molecule has 0 bridgehead atoms. The fourth-order valence-electron chi connectivity index (χ4n) is 2.29. The molecule has 3 rings (SSSR count). The number of nitrogens with zero attached hydrogens (tertiary/aromatic N) is 3. The molecule has 0 radical (unpaired) electrons. The van der Waals surface area contributed by atoms with Crippen molar-refractivity contribution in [1.82, 2.24) is 14.6 Å². The standard InChI is InChI=1S/C15H12F2N4O2/c1-8-11(14(22)23)7-19-13-6-12(20-21(8)13)9-3-2-4-10(5-9)15(16,17)18/h2-7H,18H2,1H3,(H,22,23). The minimum Gasteiger partial charge on any atom is -0.478 e. The number of aromatic carboxylic acids is 1. The van der Waals surface area contributed by atoms with Gasteiger partial charge in [0, 0.05) is 23.4 Å². The molecular formula is C15H12F2N4O2. The average Bonchev–Trinajstić information content (AvgIpc) is 2.91. The number of rotatable bonds is 3. The van der Waals surface area contributed by atoms with Crippen LogP contribution in [0.25, 0.3) is 16.9 Å². The second-order valence-electron chi connectivity index (χ2n) is 5.07. The Bertz CT molecular complexity index is 915. The van der Waals surface area contributed by atoms with E-state index in [0.29, 0.717) is 22.6 Å². The van der Waals surface area contributed by atoms with Gasteiger partial charge >= 0.3 is 12.0 Å². The van der Waals surface area contributed by atoms with Crippen molar-refractivity contribution in [3.05, 3.63) is 53.3 Å². The highest BCUT2D eigenvalue weighted by Crippen LogP contribution is 2.27. The van der Waals surface area contributed by atoms with E-state index in [0.717, 1.165) is 0 Å². The molecule has 0 unspecified atom stereocenters. The molecule has 0 aliphatic rings. The lowest BCUT2D eigenvalue weighted by atomic mass is 10.1. The molecule has 8 heteroatoms. The SMILES string of the molecule is Cc1c(C(=O)O)cnc2cc(-c3cccc(C(N)(F)F)c3)nn12. The number of hydrogen-bond donors (Lipinski definition) is 2. The molecule has 1 aromatic carbocycles. The van der Waals surface area contributed by atoms with Crippen LogP contribution in [0.4, 0.5) is 8.78 Å². The summed E-state index contributed by atoms with van der Waals surface area (Å²) >= 11 is 0. The Kier molecular flexibility index (Phi) is 3.33. The van der Waals surface area contributed by atoms with Gasteiger partial charge in [0.05, 0.1) is 17.0 Å². The van der Waals surface area contributed by atoms with E-state index in [9.17, 15) is 13.6 Å². The highest BCUT2D eigenvalue weighted by atomic mass is 19.3. The van der Waals surface area contributed by atoms with E-state index >= 15 is 0 Å². The Balaban J connectivity index is 2.15. The van der Waals surface area contributed by atoms with Crippen LogP contribution < -0.4 is 5.73 Å². The Labute approximate surface area is 129 Å². The third-order valence-electron chi connectivity index (χ3n) is 3.50. The molecule has 0 saturated carbocycles. The first-order valence-electron chi connectivity index (χ1n) is 6.63. The predicted molar refractivity (Wildman–Crippen MR) is 78.2 cm³/mol. The largest absolute Gasteiger partial charge is 0.478 e. The first-order chi connectivity index (χ1) is 10.8. The lowest BCUT2D eigenvalue weighted by molar-refractivity contribution is 0.00301. The van der Waals surface area contributed by atoms with Crippen molar-refractivity contribution in [1.29, 1.82) is 0 Å². The number of carboxylic acid groups (broad SMARTS) is 1. The zero-order chi connectivity index (χ0) is 16.8. The zero-order valence-electron chi connectivity index (χ0n) is 12.0. The normalized spacial score (nSPS) is 11.8. The van der Waals surface area contributed by atoms with Crippen LogP contribution in [0.5, 0.6) is 0 Å². The fraction of sp³-hybridized carbons (Fsp3) is 0.133. The molecule has 0 spiro atoms. The van der Waals surface area contributed by atoms with Gasteiger partial charge in [0.15, 0.2) is 5.65 Å². The van der Waals surface area contributed by atoms with E-state index in [-0.39, 0.29) is 11.1 Å². The van der Waals surface area contributed by atoms with E-state index in [4.69, 9.17) is 10.8 Å². The number of alkyl halides is 2. The van der Waals surface area contributed by atoms with Crippen molar-refractivity contribution in [2.45, 2.75) is 13.0 Å². The molecule has 2 aromatic heterocycles. The van der Waals surface area contributed by atoms with Gasteiger partial charge < -0.3 is 5.11 Å². The summed E-state index contributed by atoms with van der Waals surface area (Å²) in [6.07, 6.45) is 1.24. The molecule has 6 nitrogen and oxygen atoms in total. The summed E-state index contributed by atoms with van der Waals surface area (Å²) in [5.74, 6) is -1.11. The van der Waals surface area contributed by atoms with Crippen LogP contribution in [-0.4, -0.2) is 25.7 Å². The number of carboxylic acids is 1. The van der Waals surface area contributed by atoms with E-state index in [2.05, 4.69) is 10.1 Å². The summed E-state index contributed by atoms with van der Waals surface area (Å²) in [5, 5.41) is 13.4. The van der Waals surface area contributed by atoms with Gasteiger partial charge in [-0.1, -0.05) is 18.2 Å². The van der Waals surface area contributed by atoms with E-state index in [1.807, 2.05) is 0 Å². The van der Waals surface area contributed by atoms with Gasteiger partial charge in [-0.3, -0.25) is 5.73 Å². The summed E-state index contributed by atoms with van der Waals surface area (Å²) in [7, 11) is 0. The van der Waals surface area contributed by atoms with Crippen LogP contribution in [0.1, 0.15) is 21.6 Å². The second-order valence-corrected chi connectivity index (χ2v) is 5.07. The number of hydrogen-bond acceptors (Lipinski definition) is 4. The van der Waals surface area contributed by atoms with Crippen LogP contribution in [0.2, 0.25) is 0 Å². The van der Waals surface area contributed by atoms with Crippen molar-refractivity contribution in [2.24, 2.45) is 5.73 Å². The van der Waals surface area contributed by atoms with Crippen molar-refractivity contribution in [3.8, 4) is 11.3 Å². The molecule has 118 valence electrons. The van der Waals surface area contributed by atoms with Gasteiger partial charge in [-0.25, -0.2) is 14.3 Å².